The molecule has 0 bridgehead atoms. The molecule has 0 saturated carbocycles. The van der Waals surface area contributed by atoms with E-state index >= 15 is 0 Å². The van der Waals surface area contributed by atoms with Gasteiger partial charge in [-0.3, -0.25) is 24.0 Å². The van der Waals surface area contributed by atoms with Crippen molar-refractivity contribution in [1.29, 1.82) is 0 Å². The van der Waals surface area contributed by atoms with Crippen molar-refractivity contribution in [3.05, 3.63) is 0 Å². The Hall–Kier alpha value is -3.22. The van der Waals surface area contributed by atoms with E-state index in [0.717, 1.165) is 6.42 Å². The quantitative estimate of drug-likeness (QED) is 0.143. The molecule has 0 aromatic heterocycles. The normalized spacial score (nSPS) is 18.7. The minimum absolute atomic E-state index is 0.190. The number of nitrogens with one attached hydrogen (secondary N) is 4. The summed E-state index contributed by atoms with van der Waals surface area (Å²) in [5, 5.41) is 28.8. The Bertz CT molecular complexity index is 768. The molecule has 0 aromatic rings. The summed E-state index contributed by atoms with van der Waals surface area (Å²) in [5.41, 5.74) is 5.05. The van der Waals surface area contributed by atoms with Crippen molar-refractivity contribution in [2.45, 2.75) is 83.0 Å². The van der Waals surface area contributed by atoms with E-state index < -0.39 is 65.7 Å². The van der Waals surface area contributed by atoms with E-state index in [1.54, 1.807) is 13.8 Å². The van der Waals surface area contributed by atoms with E-state index in [9.17, 15) is 33.9 Å². The molecule has 5 unspecified atom stereocenters. The maximum absolute atomic E-state index is 13.0. The highest BCUT2D eigenvalue weighted by atomic mass is 16.4. The molecule has 0 radical (unpaired) electrons. The highest BCUT2D eigenvalue weighted by Gasteiger charge is 2.33. The molecule has 13 heteroatoms. The zero-order valence-corrected chi connectivity index (χ0v) is 19.5. The lowest BCUT2D eigenvalue weighted by Gasteiger charge is -2.28. The van der Waals surface area contributed by atoms with Crippen molar-refractivity contribution in [2.24, 2.45) is 11.7 Å². The molecule has 0 aliphatic carbocycles. The summed E-state index contributed by atoms with van der Waals surface area (Å²) in [6.45, 7) is 4.10. The smallest absolute Gasteiger partial charge is 0.326 e. The van der Waals surface area contributed by atoms with Crippen LogP contribution in [0.1, 0.15) is 58.8 Å². The van der Waals surface area contributed by atoms with Crippen LogP contribution in [0.4, 0.5) is 0 Å². The van der Waals surface area contributed by atoms with Crippen molar-refractivity contribution in [2.75, 3.05) is 6.54 Å². The molecule has 13 nitrogen and oxygen atoms in total. The van der Waals surface area contributed by atoms with Crippen molar-refractivity contribution in [3.63, 3.8) is 0 Å². The number of amides is 4. The number of carboxylic acids is 2. The molecule has 192 valence electrons. The van der Waals surface area contributed by atoms with Crippen LogP contribution in [0.3, 0.4) is 0 Å². The predicted molar refractivity (Wildman–Crippen MR) is 119 cm³/mol. The van der Waals surface area contributed by atoms with E-state index in [-0.39, 0.29) is 25.7 Å². The first-order valence-electron chi connectivity index (χ1n) is 11.3. The summed E-state index contributed by atoms with van der Waals surface area (Å²) >= 11 is 0. The Morgan fingerprint density at radius 2 is 1.62 bits per heavy atom. The molecule has 1 rings (SSSR count). The Morgan fingerprint density at radius 3 is 2.12 bits per heavy atom. The van der Waals surface area contributed by atoms with Gasteiger partial charge in [0.25, 0.3) is 0 Å². The molecular weight excluding hydrogens is 450 g/mol. The number of aliphatic carboxylic acids is 2. The number of carbonyl (C=O) groups is 6. The van der Waals surface area contributed by atoms with Gasteiger partial charge >= 0.3 is 11.9 Å². The number of nitrogens with two attached hydrogens (primary N) is 1. The third-order valence-corrected chi connectivity index (χ3v) is 5.74. The fraction of sp³-hybridized carbons (Fsp3) is 0.714. The molecule has 5 atom stereocenters. The van der Waals surface area contributed by atoms with E-state index in [1.807, 2.05) is 0 Å². The minimum Gasteiger partial charge on any atom is -0.481 e. The summed E-state index contributed by atoms with van der Waals surface area (Å²) in [5.74, 6) is -5.62. The van der Waals surface area contributed by atoms with Gasteiger partial charge in [0.15, 0.2) is 0 Å². The summed E-state index contributed by atoms with van der Waals surface area (Å²) in [6.07, 6.45) is 0.782. The number of rotatable bonds is 15. The van der Waals surface area contributed by atoms with Crippen LogP contribution in [-0.2, 0) is 28.8 Å². The summed E-state index contributed by atoms with van der Waals surface area (Å²) < 4.78 is 0. The second-order valence-corrected chi connectivity index (χ2v) is 8.42. The van der Waals surface area contributed by atoms with Gasteiger partial charge in [0, 0.05) is 12.8 Å². The molecular formula is C21H35N5O8. The molecule has 1 fully saturated rings. The van der Waals surface area contributed by atoms with Crippen LogP contribution in [0.25, 0.3) is 0 Å². The molecule has 0 spiro atoms. The Kier molecular flexibility index (Phi) is 12.0. The van der Waals surface area contributed by atoms with Gasteiger partial charge in [0.05, 0.1) is 6.04 Å². The number of hydrogen-bond donors (Lipinski definition) is 7. The number of hydrogen-bond acceptors (Lipinski definition) is 7. The molecule has 1 heterocycles. The van der Waals surface area contributed by atoms with Crippen molar-refractivity contribution >= 4 is 35.6 Å². The molecule has 1 aliphatic heterocycles. The first kappa shape index (κ1) is 28.8. The van der Waals surface area contributed by atoms with Crippen LogP contribution in [0.2, 0.25) is 0 Å². The Morgan fingerprint density at radius 1 is 0.971 bits per heavy atom. The number of carbonyl (C=O) groups excluding carboxylic acids is 4. The SMILES string of the molecule is CCC(C)C(NC(=O)C(CCC(=O)O)NC(=O)C1CCCN1)C(=O)NC(CCC(N)=O)C(=O)O. The fourth-order valence-electron chi connectivity index (χ4n) is 3.48. The number of primary amides is 1. The Labute approximate surface area is 197 Å². The molecule has 8 N–H and O–H groups in total. The fourth-order valence-corrected chi connectivity index (χ4v) is 3.48. The molecule has 1 aliphatic rings. The zero-order valence-electron chi connectivity index (χ0n) is 19.5. The van der Waals surface area contributed by atoms with E-state index in [4.69, 9.17) is 10.8 Å². The Balaban J connectivity index is 2.96. The molecule has 1 saturated heterocycles. The van der Waals surface area contributed by atoms with Gasteiger partial charge in [-0.05, 0) is 38.1 Å². The summed E-state index contributed by atoms with van der Waals surface area (Å²) in [7, 11) is 0. The second kappa shape index (κ2) is 14.1. The van der Waals surface area contributed by atoms with Crippen LogP contribution >= 0.6 is 0 Å². The standard InChI is InChI=1S/C21H35N5O8/c1-3-11(2)17(20(32)25-14(21(33)34)6-8-15(22)27)26-19(31)13(7-9-16(28)29)24-18(30)12-5-4-10-23-12/h11-14,17,23H,3-10H2,1-2H3,(H2,22,27)(H,24,30)(H,25,32)(H,26,31)(H,28,29)(H,33,34). The van der Waals surface area contributed by atoms with Crippen molar-refractivity contribution in [3.8, 4) is 0 Å². The topological polar surface area (TPSA) is 217 Å². The first-order chi connectivity index (χ1) is 16.0. The van der Waals surface area contributed by atoms with Gasteiger partial charge in [-0.1, -0.05) is 20.3 Å². The second-order valence-electron chi connectivity index (χ2n) is 8.42. The largest absolute Gasteiger partial charge is 0.481 e. The van der Waals surface area contributed by atoms with E-state index in [2.05, 4.69) is 21.3 Å². The zero-order chi connectivity index (χ0) is 25.8. The van der Waals surface area contributed by atoms with Crippen LogP contribution in [0, 0.1) is 5.92 Å². The summed E-state index contributed by atoms with van der Waals surface area (Å²) in [6, 6.07) is -4.23. The monoisotopic (exact) mass is 485 g/mol. The maximum Gasteiger partial charge on any atom is 0.326 e. The van der Waals surface area contributed by atoms with Crippen molar-refractivity contribution in [1.82, 2.24) is 21.3 Å². The van der Waals surface area contributed by atoms with Gasteiger partial charge in [-0.2, -0.15) is 0 Å². The highest BCUT2D eigenvalue weighted by molar-refractivity contribution is 5.94. The average Bonchev–Trinajstić information content (AvgIpc) is 3.31. The van der Waals surface area contributed by atoms with Gasteiger partial charge in [0.2, 0.25) is 23.6 Å². The van der Waals surface area contributed by atoms with Gasteiger partial charge < -0.3 is 37.2 Å². The van der Waals surface area contributed by atoms with Crippen molar-refractivity contribution < 1.29 is 39.0 Å². The maximum atomic E-state index is 13.0. The van der Waals surface area contributed by atoms with Gasteiger partial charge in [-0.25, -0.2) is 4.79 Å². The third kappa shape index (κ3) is 9.73. The van der Waals surface area contributed by atoms with Gasteiger partial charge in [0.1, 0.15) is 18.1 Å². The van der Waals surface area contributed by atoms with E-state index in [1.165, 1.54) is 0 Å². The third-order valence-electron chi connectivity index (χ3n) is 5.74. The lowest BCUT2D eigenvalue weighted by atomic mass is 9.96. The van der Waals surface area contributed by atoms with Crippen LogP contribution in [0.15, 0.2) is 0 Å². The summed E-state index contributed by atoms with van der Waals surface area (Å²) in [4.78, 5) is 71.8. The lowest BCUT2D eigenvalue weighted by molar-refractivity contribution is -0.143. The first-order valence-corrected chi connectivity index (χ1v) is 11.3. The molecule has 34 heavy (non-hydrogen) atoms. The number of carboxylic acid groups (broad SMARTS) is 2. The van der Waals surface area contributed by atoms with Crippen LogP contribution in [0.5, 0.6) is 0 Å². The van der Waals surface area contributed by atoms with Crippen LogP contribution in [-0.4, -0.2) is 76.5 Å². The molecule has 0 aromatic carbocycles. The average molecular weight is 486 g/mol. The van der Waals surface area contributed by atoms with Gasteiger partial charge in [-0.15, -0.1) is 0 Å². The van der Waals surface area contributed by atoms with E-state index in [0.29, 0.717) is 19.4 Å². The minimum atomic E-state index is -1.39. The highest BCUT2D eigenvalue weighted by Crippen LogP contribution is 2.12. The van der Waals surface area contributed by atoms with Crippen LogP contribution < -0.4 is 27.0 Å². The molecule has 4 amide bonds. The predicted octanol–water partition coefficient (Wildman–Crippen LogP) is -1.55. The lowest BCUT2D eigenvalue weighted by Crippen LogP contribution is -2.58.